The van der Waals surface area contributed by atoms with Crippen LogP contribution in [0.15, 0.2) is 18.2 Å². The minimum atomic E-state index is -0.270. The quantitative estimate of drug-likeness (QED) is 0.912. The maximum absolute atomic E-state index is 12.2. The van der Waals surface area contributed by atoms with Crippen molar-refractivity contribution in [2.45, 2.75) is 32.8 Å². The molecule has 2 heterocycles. The lowest BCUT2D eigenvalue weighted by Gasteiger charge is -2.32. The number of carbonyl (C=O) groups excluding carboxylic acids is 2. The molecule has 2 fully saturated rings. The molecule has 0 unspecified atom stereocenters. The zero-order valence-electron chi connectivity index (χ0n) is 14.4. The molecule has 0 radical (unpaired) electrons. The molecule has 1 aromatic carbocycles. The predicted molar refractivity (Wildman–Crippen MR) is 91.1 cm³/mol. The van der Waals surface area contributed by atoms with Gasteiger partial charge in [0.15, 0.2) is 0 Å². The lowest BCUT2D eigenvalue weighted by molar-refractivity contribution is -0.129. The van der Waals surface area contributed by atoms with Gasteiger partial charge >= 0.3 is 6.03 Å². The molecular formula is C18H25N3O3. The Morgan fingerprint density at radius 3 is 2.67 bits per heavy atom. The summed E-state index contributed by atoms with van der Waals surface area (Å²) in [5.41, 5.74) is 2.35. The second-order valence-corrected chi connectivity index (χ2v) is 6.64. The summed E-state index contributed by atoms with van der Waals surface area (Å²) in [6.45, 7) is 7.09. The highest BCUT2D eigenvalue weighted by molar-refractivity contribution is 5.96. The Morgan fingerprint density at radius 2 is 2.00 bits per heavy atom. The average Bonchev–Trinajstić information content (AvgIpc) is 2.99. The summed E-state index contributed by atoms with van der Waals surface area (Å²) in [7, 11) is 0. The number of likely N-dealkylation sites (tertiary alicyclic amines) is 1. The largest absolute Gasteiger partial charge is 0.490 e. The number of hydrogen-bond donors (Lipinski definition) is 1. The van der Waals surface area contributed by atoms with Gasteiger partial charge in [-0.1, -0.05) is 12.1 Å². The normalized spacial score (nSPS) is 19.4. The molecule has 0 aromatic heterocycles. The summed E-state index contributed by atoms with van der Waals surface area (Å²) < 4.78 is 6.15. The molecule has 2 aliphatic rings. The first-order valence-electron chi connectivity index (χ1n) is 8.57. The van der Waals surface area contributed by atoms with Gasteiger partial charge in [-0.3, -0.25) is 14.6 Å². The number of carbonyl (C=O) groups is 2. The molecule has 24 heavy (non-hydrogen) atoms. The first-order valence-corrected chi connectivity index (χ1v) is 8.57. The number of imide groups is 1. The van der Waals surface area contributed by atoms with E-state index in [1.165, 1.54) is 10.5 Å². The zero-order valence-corrected chi connectivity index (χ0v) is 14.4. The van der Waals surface area contributed by atoms with Crippen LogP contribution in [0, 0.1) is 13.8 Å². The van der Waals surface area contributed by atoms with Crippen LogP contribution in [0.1, 0.15) is 24.0 Å². The molecule has 3 rings (SSSR count). The highest BCUT2D eigenvalue weighted by Crippen LogP contribution is 2.24. The van der Waals surface area contributed by atoms with Gasteiger partial charge < -0.3 is 10.1 Å². The van der Waals surface area contributed by atoms with Crippen molar-refractivity contribution in [2.75, 3.05) is 32.7 Å². The smallest absolute Gasteiger partial charge is 0.324 e. The molecule has 0 spiro atoms. The minimum absolute atomic E-state index is 0.112. The number of aryl methyl sites for hydroxylation is 2. The first kappa shape index (κ1) is 16.8. The van der Waals surface area contributed by atoms with Gasteiger partial charge in [0.1, 0.15) is 11.9 Å². The van der Waals surface area contributed by atoms with Crippen molar-refractivity contribution < 1.29 is 14.3 Å². The molecule has 0 aliphatic carbocycles. The van der Waals surface area contributed by atoms with Crippen LogP contribution in [0.5, 0.6) is 5.75 Å². The van der Waals surface area contributed by atoms with E-state index in [2.05, 4.69) is 42.3 Å². The minimum Gasteiger partial charge on any atom is -0.490 e. The Labute approximate surface area is 142 Å². The van der Waals surface area contributed by atoms with Crippen LogP contribution < -0.4 is 10.1 Å². The van der Waals surface area contributed by atoms with Gasteiger partial charge in [0, 0.05) is 26.2 Å². The van der Waals surface area contributed by atoms with Crippen LogP contribution in [0.3, 0.4) is 0 Å². The lowest BCUT2D eigenvalue weighted by Crippen LogP contribution is -2.46. The number of hydrogen-bond acceptors (Lipinski definition) is 4. The maximum Gasteiger partial charge on any atom is 0.324 e. The number of nitrogens with zero attached hydrogens (tertiary/aromatic N) is 2. The van der Waals surface area contributed by atoms with Gasteiger partial charge in [0.25, 0.3) is 0 Å². The number of benzene rings is 1. The van der Waals surface area contributed by atoms with E-state index in [0.717, 1.165) is 37.2 Å². The van der Waals surface area contributed by atoms with Crippen LogP contribution in [0.4, 0.5) is 4.79 Å². The van der Waals surface area contributed by atoms with Crippen LogP contribution in [-0.4, -0.2) is 60.6 Å². The fraction of sp³-hybridized carbons (Fsp3) is 0.556. The van der Waals surface area contributed by atoms with Gasteiger partial charge in [-0.2, -0.15) is 0 Å². The maximum atomic E-state index is 12.2. The molecule has 0 bridgehead atoms. The molecular weight excluding hydrogens is 306 g/mol. The topological polar surface area (TPSA) is 61.9 Å². The van der Waals surface area contributed by atoms with E-state index >= 15 is 0 Å². The van der Waals surface area contributed by atoms with Gasteiger partial charge in [-0.05, 0) is 43.9 Å². The van der Waals surface area contributed by atoms with Crippen molar-refractivity contribution in [3.63, 3.8) is 0 Å². The van der Waals surface area contributed by atoms with E-state index in [-0.39, 0.29) is 18.0 Å². The van der Waals surface area contributed by atoms with Crippen LogP contribution in [0.25, 0.3) is 0 Å². The monoisotopic (exact) mass is 331 g/mol. The number of nitrogens with one attached hydrogen (secondary N) is 1. The van der Waals surface area contributed by atoms with Gasteiger partial charge in [-0.15, -0.1) is 0 Å². The molecule has 6 nitrogen and oxygen atoms in total. The van der Waals surface area contributed by atoms with Crippen molar-refractivity contribution in [1.29, 1.82) is 0 Å². The Balaban J connectivity index is 1.48. The third-order valence-corrected chi connectivity index (χ3v) is 4.69. The van der Waals surface area contributed by atoms with Crippen molar-refractivity contribution in [3.05, 3.63) is 29.3 Å². The van der Waals surface area contributed by atoms with Crippen LogP contribution in [-0.2, 0) is 4.79 Å². The third kappa shape index (κ3) is 3.87. The number of rotatable bonds is 4. The van der Waals surface area contributed by atoms with Crippen LogP contribution >= 0.6 is 0 Å². The second kappa shape index (κ2) is 7.21. The lowest BCUT2D eigenvalue weighted by atomic mass is 10.1. The average molecular weight is 331 g/mol. The van der Waals surface area contributed by atoms with Crippen molar-refractivity contribution in [1.82, 2.24) is 15.1 Å². The SMILES string of the molecule is Cc1ccc(C)c(OC2CCN(CC(=O)N3CCNC3=O)CC2)c1. The zero-order chi connectivity index (χ0) is 17.1. The van der Waals surface area contributed by atoms with E-state index in [9.17, 15) is 9.59 Å². The van der Waals surface area contributed by atoms with Gasteiger partial charge in [-0.25, -0.2) is 4.79 Å². The fourth-order valence-corrected chi connectivity index (χ4v) is 3.19. The van der Waals surface area contributed by atoms with E-state index in [1.807, 2.05) is 0 Å². The van der Waals surface area contributed by atoms with Crippen molar-refractivity contribution >= 4 is 11.9 Å². The van der Waals surface area contributed by atoms with E-state index < -0.39 is 0 Å². The molecule has 2 aliphatic heterocycles. The fourth-order valence-electron chi connectivity index (χ4n) is 3.19. The second-order valence-electron chi connectivity index (χ2n) is 6.64. The Bertz CT molecular complexity index is 624. The molecule has 0 saturated carbocycles. The summed E-state index contributed by atoms with van der Waals surface area (Å²) >= 11 is 0. The molecule has 0 atom stereocenters. The van der Waals surface area contributed by atoms with E-state index in [1.54, 1.807) is 0 Å². The van der Waals surface area contributed by atoms with E-state index in [4.69, 9.17) is 4.74 Å². The molecule has 1 aromatic rings. The number of urea groups is 1. The summed E-state index contributed by atoms with van der Waals surface area (Å²) in [5, 5.41) is 2.66. The van der Waals surface area contributed by atoms with Crippen molar-refractivity contribution in [2.24, 2.45) is 0 Å². The highest BCUT2D eigenvalue weighted by atomic mass is 16.5. The Morgan fingerprint density at radius 1 is 1.25 bits per heavy atom. The van der Waals surface area contributed by atoms with Crippen LogP contribution in [0.2, 0.25) is 0 Å². The molecule has 6 heteroatoms. The summed E-state index contributed by atoms with van der Waals surface area (Å²) in [6, 6.07) is 5.98. The van der Waals surface area contributed by atoms with E-state index in [0.29, 0.717) is 19.6 Å². The summed E-state index contributed by atoms with van der Waals surface area (Å²) in [4.78, 5) is 27.1. The molecule has 130 valence electrons. The van der Waals surface area contributed by atoms with Gasteiger partial charge in [0.05, 0.1) is 6.54 Å². The predicted octanol–water partition coefficient (Wildman–Crippen LogP) is 1.70. The molecule has 2 saturated heterocycles. The molecule has 3 amide bonds. The van der Waals surface area contributed by atoms with Gasteiger partial charge in [0.2, 0.25) is 5.91 Å². The summed E-state index contributed by atoms with van der Waals surface area (Å²) in [5.74, 6) is 0.845. The van der Waals surface area contributed by atoms with Crippen molar-refractivity contribution in [3.8, 4) is 5.75 Å². The highest BCUT2D eigenvalue weighted by Gasteiger charge is 2.29. The number of amides is 3. The number of piperidine rings is 1. The number of ether oxygens (including phenoxy) is 1. The Hall–Kier alpha value is -2.08. The Kier molecular flexibility index (Phi) is 5.04. The third-order valence-electron chi connectivity index (χ3n) is 4.69. The first-order chi connectivity index (χ1) is 11.5. The standard InChI is InChI=1S/C18H25N3O3/c1-13-3-4-14(2)16(11-13)24-15-5-8-20(9-6-15)12-17(22)21-10-7-19-18(21)23/h3-4,11,15H,5-10,12H2,1-2H3,(H,19,23). The molecule has 1 N–H and O–H groups in total. The summed E-state index contributed by atoms with van der Waals surface area (Å²) in [6.07, 6.45) is 1.98.